The number of fused-ring (bicyclic) bond motifs is 1. The number of para-hydroxylation sites is 1. The SMILES string of the molecule is OCC1(c2ccco2)CCc2ccccc2O1. The molecule has 3 rings (SSSR count). The van der Waals surface area contributed by atoms with Crippen molar-refractivity contribution in [3.05, 3.63) is 54.0 Å². The molecule has 0 spiro atoms. The highest BCUT2D eigenvalue weighted by atomic mass is 16.5. The monoisotopic (exact) mass is 230 g/mol. The minimum atomic E-state index is -0.724. The molecule has 1 N–H and O–H groups in total. The quantitative estimate of drug-likeness (QED) is 0.861. The maximum atomic E-state index is 9.65. The van der Waals surface area contributed by atoms with Gasteiger partial charge in [-0.25, -0.2) is 0 Å². The van der Waals surface area contributed by atoms with Crippen LogP contribution in [0, 0.1) is 0 Å². The Balaban J connectivity index is 2.01. The van der Waals surface area contributed by atoms with Gasteiger partial charge in [0.15, 0.2) is 5.60 Å². The van der Waals surface area contributed by atoms with Crippen molar-refractivity contribution in [1.29, 1.82) is 0 Å². The third-order valence-electron chi connectivity index (χ3n) is 3.30. The van der Waals surface area contributed by atoms with E-state index in [2.05, 4.69) is 6.07 Å². The van der Waals surface area contributed by atoms with E-state index in [4.69, 9.17) is 9.15 Å². The number of aliphatic hydroxyl groups is 1. The summed E-state index contributed by atoms with van der Waals surface area (Å²) in [6.45, 7) is -0.0746. The Hall–Kier alpha value is -1.74. The van der Waals surface area contributed by atoms with Crippen molar-refractivity contribution in [2.75, 3.05) is 6.61 Å². The van der Waals surface area contributed by atoms with E-state index in [1.807, 2.05) is 30.3 Å². The normalized spacial score (nSPS) is 22.9. The van der Waals surface area contributed by atoms with Crippen LogP contribution in [-0.4, -0.2) is 11.7 Å². The molecule has 0 fully saturated rings. The number of aryl methyl sites for hydroxylation is 1. The van der Waals surface area contributed by atoms with E-state index in [1.165, 1.54) is 5.56 Å². The van der Waals surface area contributed by atoms with E-state index < -0.39 is 5.60 Å². The summed E-state index contributed by atoms with van der Waals surface area (Å²) >= 11 is 0. The van der Waals surface area contributed by atoms with Crippen molar-refractivity contribution in [2.45, 2.75) is 18.4 Å². The second-order valence-electron chi connectivity index (χ2n) is 4.34. The first-order valence-electron chi connectivity index (χ1n) is 5.76. The van der Waals surface area contributed by atoms with Gasteiger partial charge in [-0.3, -0.25) is 0 Å². The van der Waals surface area contributed by atoms with E-state index in [0.29, 0.717) is 5.76 Å². The predicted molar refractivity (Wildman–Crippen MR) is 62.9 cm³/mol. The molecule has 1 aliphatic heterocycles. The van der Waals surface area contributed by atoms with Gasteiger partial charge in [0, 0.05) is 6.42 Å². The van der Waals surface area contributed by atoms with Crippen LogP contribution in [0.2, 0.25) is 0 Å². The van der Waals surface area contributed by atoms with Gasteiger partial charge in [0.1, 0.15) is 11.5 Å². The molecule has 1 atom stereocenters. The molecular weight excluding hydrogens is 216 g/mol. The standard InChI is InChI=1S/C14H14O3/c15-10-14(13-6-3-9-16-13)8-7-11-4-1-2-5-12(11)17-14/h1-6,9,15H,7-8,10H2. The van der Waals surface area contributed by atoms with Crippen LogP contribution in [0.25, 0.3) is 0 Å². The smallest absolute Gasteiger partial charge is 0.189 e. The van der Waals surface area contributed by atoms with Gasteiger partial charge in [-0.15, -0.1) is 0 Å². The Labute approximate surface area is 99.6 Å². The summed E-state index contributed by atoms with van der Waals surface area (Å²) in [6.07, 6.45) is 3.22. The molecule has 3 heteroatoms. The zero-order valence-corrected chi connectivity index (χ0v) is 9.43. The summed E-state index contributed by atoms with van der Waals surface area (Å²) < 4.78 is 11.4. The van der Waals surface area contributed by atoms with Gasteiger partial charge in [-0.1, -0.05) is 18.2 Å². The molecule has 0 saturated heterocycles. The number of rotatable bonds is 2. The molecule has 1 aliphatic rings. The molecule has 88 valence electrons. The second kappa shape index (κ2) is 3.93. The Morgan fingerprint density at radius 3 is 2.82 bits per heavy atom. The summed E-state index contributed by atoms with van der Waals surface area (Å²) in [5.74, 6) is 1.53. The zero-order valence-electron chi connectivity index (χ0n) is 9.43. The molecule has 0 bridgehead atoms. The summed E-state index contributed by atoms with van der Waals surface area (Å²) in [6, 6.07) is 11.6. The van der Waals surface area contributed by atoms with Gasteiger partial charge in [-0.05, 0) is 30.2 Å². The number of hydrogen-bond acceptors (Lipinski definition) is 3. The van der Waals surface area contributed by atoms with Crippen LogP contribution in [0.1, 0.15) is 17.7 Å². The highest BCUT2D eigenvalue weighted by molar-refractivity contribution is 5.37. The largest absolute Gasteiger partial charge is 0.477 e. The number of benzene rings is 1. The lowest BCUT2D eigenvalue weighted by Gasteiger charge is -2.35. The minimum Gasteiger partial charge on any atom is -0.477 e. The molecule has 0 amide bonds. The molecule has 17 heavy (non-hydrogen) atoms. The van der Waals surface area contributed by atoms with Crippen LogP contribution in [0.5, 0.6) is 5.75 Å². The van der Waals surface area contributed by atoms with Crippen molar-refractivity contribution in [3.8, 4) is 5.75 Å². The molecule has 3 nitrogen and oxygen atoms in total. The average molecular weight is 230 g/mol. The van der Waals surface area contributed by atoms with Crippen molar-refractivity contribution < 1.29 is 14.3 Å². The third-order valence-corrected chi connectivity index (χ3v) is 3.30. The Kier molecular flexibility index (Phi) is 2.41. The average Bonchev–Trinajstić information content (AvgIpc) is 2.92. The molecule has 1 aromatic carbocycles. The number of furan rings is 1. The van der Waals surface area contributed by atoms with E-state index in [9.17, 15) is 5.11 Å². The number of ether oxygens (including phenoxy) is 1. The van der Waals surface area contributed by atoms with E-state index in [-0.39, 0.29) is 6.61 Å². The Bertz CT molecular complexity index is 504. The van der Waals surface area contributed by atoms with Crippen molar-refractivity contribution in [3.63, 3.8) is 0 Å². The van der Waals surface area contributed by atoms with Crippen LogP contribution in [0.4, 0.5) is 0 Å². The summed E-state index contributed by atoms with van der Waals surface area (Å²) in [7, 11) is 0. The molecule has 0 aliphatic carbocycles. The molecule has 1 aromatic heterocycles. The van der Waals surface area contributed by atoms with Gasteiger partial charge in [0.2, 0.25) is 0 Å². The zero-order chi connectivity index (χ0) is 11.7. The molecule has 0 saturated carbocycles. The fraction of sp³-hybridized carbons (Fsp3) is 0.286. The summed E-state index contributed by atoms with van der Waals surface area (Å²) in [4.78, 5) is 0. The van der Waals surface area contributed by atoms with Gasteiger partial charge >= 0.3 is 0 Å². The lowest BCUT2D eigenvalue weighted by molar-refractivity contribution is -0.0285. The molecule has 1 unspecified atom stereocenters. The van der Waals surface area contributed by atoms with Crippen LogP contribution >= 0.6 is 0 Å². The minimum absolute atomic E-state index is 0.0746. The highest BCUT2D eigenvalue weighted by Crippen LogP contribution is 2.39. The summed E-state index contributed by atoms with van der Waals surface area (Å²) in [5, 5.41) is 9.65. The Morgan fingerprint density at radius 1 is 1.18 bits per heavy atom. The fourth-order valence-corrected chi connectivity index (χ4v) is 2.31. The molecular formula is C14H14O3. The van der Waals surface area contributed by atoms with Gasteiger partial charge in [0.25, 0.3) is 0 Å². The van der Waals surface area contributed by atoms with Crippen LogP contribution in [0.3, 0.4) is 0 Å². The van der Waals surface area contributed by atoms with Gasteiger partial charge in [0.05, 0.1) is 12.9 Å². The first kappa shape index (κ1) is 10.4. The molecule has 0 radical (unpaired) electrons. The van der Waals surface area contributed by atoms with E-state index in [0.717, 1.165) is 18.6 Å². The second-order valence-corrected chi connectivity index (χ2v) is 4.34. The van der Waals surface area contributed by atoms with Crippen molar-refractivity contribution in [1.82, 2.24) is 0 Å². The third kappa shape index (κ3) is 1.63. The van der Waals surface area contributed by atoms with Gasteiger partial charge in [-0.2, -0.15) is 0 Å². The van der Waals surface area contributed by atoms with Crippen LogP contribution in [-0.2, 0) is 12.0 Å². The van der Waals surface area contributed by atoms with E-state index >= 15 is 0 Å². The lowest BCUT2D eigenvalue weighted by Crippen LogP contribution is -2.40. The molecule has 2 aromatic rings. The fourth-order valence-electron chi connectivity index (χ4n) is 2.31. The highest BCUT2D eigenvalue weighted by Gasteiger charge is 2.40. The Morgan fingerprint density at radius 2 is 2.06 bits per heavy atom. The maximum absolute atomic E-state index is 9.65. The van der Waals surface area contributed by atoms with Crippen LogP contribution in [0.15, 0.2) is 47.1 Å². The summed E-state index contributed by atoms with van der Waals surface area (Å²) in [5.41, 5.74) is 0.459. The van der Waals surface area contributed by atoms with Gasteiger partial charge < -0.3 is 14.3 Å². The maximum Gasteiger partial charge on any atom is 0.189 e. The topological polar surface area (TPSA) is 42.6 Å². The van der Waals surface area contributed by atoms with E-state index in [1.54, 1.807) is 6.26 Å². The predicted octanol–water partition coefficient (Wildman–Crippen LogP) is 2.49. The van der Waals surface area contributed by atoms with Crippen molar-refractivity contribution >= 4 is 0 Å². The molecule has 2 heterocycles. The lowest BCUT2D eigenvalue weighted by atomic mass is 9.89. The first-order chi connectivity index (χ1) is 8.34. The van der Waals surface area contributed by atoms with Crippen LogP contribution < -0.4 is 4.74 Å². The van der Waals surface area contributed by atoms with Crippen molar-refractivity contribution in [2.24, 2.45) is 0 Å². The first-order valence-corrected chi connectivity index (χ1v) is 5.76. The number of hydrogen-bond donors (Lipinski definition) is 1. The number of aliphatic hydroxyl groups excluding tert-OH is 1.